The van der Waals surface area contributed by atoms with Crippen LogP contribution in [0.3, 0.4) is 0 Å². The van der Waals surface area contributed by atoms with Gasteiger partial charge < -0.3 is 19.9 Å². The molecule has 2 unspecified atom stereocenters. The summed E-state index contributed by atoms with van der Waals surface area (Å²) in [6.07, 6.45) is -0.627. The highest BCUT2D eigenvalue weighted by atomic mass is 16.5. The molecule has 0 heterocycles. The zero-order valence-corrected chi connectivity index (χ0v) is 15.1. The molecule has 2 atom stereocenters. The molecule has 138 valence electrons. The Bertz CT molecular complexity index is 757. The molecule has 6 nitrogen and oxygen atoms in total. The van der Waals surface area contributed by atoms with Crippen molar-refractivity contribution in [2.75, 3.05) is 6.61 Å². The quantitative estimate of drug-likeness (QED) is 0.758. The van der Waals surface area contributed by atoms with Crippen LogP contribution in [0.25, 0.3) is 0 Å². The summed E-state index contributed by atoms with van der Waals surface area (Å²) in [7, 11) is 0. The Labute approximate surface area is 152 Å². The number of hydrogen-bond donors (Lipinski definition) is 2. The van der Waals surface area contributed by atoms with E-state index in [1.165, 1.54) is 0 Å². The van der Waals surface area contributed by atoms with Gasteiger partial charge in [0.05, 0.1) is 6.04 Å². The third-order valence-electron chi connectivity index (χ3n) is 3.77. The van der Waals surface area contributed by atoms with Gasteiger partial charge in [-0.15, -0.1) is 0 Å². The molecule has 0 saturated carbocycles. The van der Waals surface area contributed by atoms with E-state index in [1.54, 1.807) is 31.2 Å². The smallest absolute Gasteiger partial charge is 0.341 e. The molecule has 0 radical (unpaired) electrons. The number of aryl methyl sites for hydroxylation is 1. The summed E-state index contributed by atoms with van der Waals surface area (Å²) in [5.41, 5.74) is 1.94. The van der Waals surface area contributed by atoms with E-state index in [2.05, 4.69) is 5.32 Å². The molecule has 0 fully saturated rings. The van der Waals surface area contributed by atoms with Crippen LogP contribution in [0, 0.1) is 6.92 Å². The van der Waals surface area contributed by atoms with Crippen LogP contribution in [0.2, 0.25) is 0 Å². The van der Waals surface area contributed by atoms with Crippen molar-refractivity contribution in [2.24, 2.45) is 0 Å². The number of carbonyl (C=O) groups excluding carboxylic acids is 1. The third kappa shape index (κ3) is 5.81. The first-order chi connectivity index (χ1) is 12.3. The molecule has 0 bridgehead atoms. The molecular weight excluding hydrogens is 334 g/mol. The fourth-order valence-corrected chi connectivity index (χ4v) is 2.36. The minimum Gasteiger partial charge on any atom is -0.482 e. The predicted octanol–water partition coefficient (Wildman–Crippen LogP) is 3.10. The monoisotopic (exact) mass is 357 g/mol. The van der Waals surface area contributed by atoms with Gasteiger partial charge in [-0.05, 0) is 56.2 Å². The van der Waals surface area contributed by atoms with E-state index in [1.807, 2.05) is 38.1 Å². The number of nitrogens with one attached hydrogen (secondary N) is 1. The van der Waals surface area contributed by atoms with Gasteiger partial charge in [-0.3, -0.25) is 4.79 Å². The van der Waals surface area contributed by atoms with Crippen LogP contribution in [0.4, 0.5) is 0 Å². The van der Waals surface area contributed by atoms with Crippen LogP contribution in [0.5, 0.6) is 11.5 Å². The highest BCUT2D eigenvalue weighted by molar-refractivity contribution is 5.81. The molecule has 6 heteroatoms. The molecular formula is C20H23NO5. The van der Waals surface area contributed by atoms with Crippen LogP contribution < -0.4 is 14.8 Å². The second-order valence-electron chi connectivity index (χ2n) is 6.06. The maximum absolute atomic E-state index is 12.3. The summed E-state index contributed by atoms with van der Waals surface area (Å²) in [6, 6.07) is 14.2. The fraction of sp³-hybridized carbons (Fsp3) is 0.300. The Morgan fingerprint density at radius 3 is 2.38 bits per heavy atom. The highest BCUT2D eigenvalue weighted by Gasteiger charge is 2.18. The maximum atomic E-state index is 12.3. The second-order valence-corrected chi connectivity index (χ2v) is 6.06. The lowest BCUT2D eigenvalue weighted by atomic mass is 10.1. The summed E-state index contributed by atoms with van der Waals surface area (Å²) in [5.74, 6) is -0.131. The first kappa shape index (κ1) is 19.3. The van der Waals surface area contributed by atoms with E-state index in [9.17, 15) is 9.59 Å². The number of rotatable bonds is 8. The number of benzene rings is 2. The number of carbonyl (C=O) groups is 2. The van der Waals surface area contributed by atoms with Gasteiger partial charge in [-0.25, -0.2) is 4.79 Å². The number of ether oxygens (including phenoxy) is 2. The molecule has 0 aliphatic carbocycles. The van der Waals surface area contributed by atoms with Crippen molar-refractivity contribution < 1.29 is 24.2 Å². The van der Waals surface area contributed by atoms with Gasteiger partial charge in [-0.1, -0.05) is 24.3 Å². The van der Waals surface area contributed by atoms with Crippen molar-refractivity contribution in [3.63, 3.8) is 0 Å². The van der Waals surface area contributed by atoms with Crippen LogP contribution >= 0.6 is 0 Å². The Morgan fingerprint density at radius 2 is 1.77 bits per heavy atom. The molecule has 2 rings (SSSR count). The van der Waals surface area contributed by atoms with Crippen molar-refractivity contribution in [1.82, 2.24) is 5.32 Å². The Balaban J connectivity index is 1.90. The SMILES string of the molecule is Cc1cccc(OC(C)C(=O)NC(C)c2ccc(OCC(=O)O)cc2)c1. The summed E-state index contributed by atoms with van der Waals surface area (Å²) >= 11 is 0. The van der Waals surface area contributed by atoms with Crippen molar-refractivity contribution in [3.8, 4) is 11.5 Å². The molecule has 2 aromatic rings. The average molecular weight is 357 g/mol. The van der Waals surface area contributed by atoms with Gasteiger partial charge in [0.15, 0.2) is 12.7 Å². The van der Waals surface area contributed by atoms with Crippen molar-refractivity contribution in [3.05, 3.63) is 59.7 Å². The fourth-order valence-electron chi connectivity index (χ4n) is 2.36. The lowest BCUT2D eigenvalue weighted by Crippen LogP contribution is -2.37. The average Bonchev–Trinajstić information content (AvgIpc) is 2.60. The molecule has 0 saturated heterocycles. The van der Waals surface area contributed by atoms with E-state index in [4.69, 9.17) is 14.6 Å². The summed E-state index contributed by atoms with van der Waals surface area (Å²) in [6.45, 7) is 5.14. The van der Waals surface area contributed by atoms with Crippen LogP contribution in [0.15, 0.2) is 48.5 Å². The predicted molar refractivity (Wildman–Crippen MR) is 97.4 cm³/mol. The van der Waals surface area contributed by atoms with E-state index in [0.717, 1.165) is 11.1 Å². The van der Waals surface area contributed by atoms with Crippen molar-refractivity contribution in [2.45, 2.75) is 32.9 Å². The minimum atomic E-state index is -1.03. The number of carboxylic acid groups (broad SMARTS) is 1. The molecule has 2 N–H and O–H groups in total. The zero-order chi connectivity index (χ0) is 19.1. The molecule has 26 heavy (non-hydrogen) atoms. The van der Waals surface area contributed by atoms with E-state index in [0.29, 0.717) is 11.5 Å². The number of carboxylic acids is 1. The van der Waals surface area contributed by atoms with Gasteiger partial charge in [0.2, 0.25) is 0 Å². The van der Waals surface area contributed by atoms with Crippen molar-refractivity contribution in [1.29, 1.82) is 0 Å². The van der Waals surface area contributed by atoms with Crippen LogP contribution in [-0.2, 0) is 9.59 Å². The normalized spacial score (nSPS) is 12.7. The zero-order valence-electron chi connectivity index (χ0n) is 15.1. The van der Waals surface area contributed by atoms with Gasteiger partial charge >= 0.3 is 5.97 Å². The second kappa shape index (κ2) is 8.89. The standard InChI is InChI=1S/C20H23NO5/c1-13-5-4-6-18(11-13)26-15(3)20(24)21-14(2)16-7-9-17(10-8-16)25-12-19(22)23/h4-11,14-15H,12H2,1-3H3,(H,21,24)(H,22,23). The molecule has 0 spiro atoms. The molecule has 0 aromatic heterocycles. The van der Waals surface area contributed by atoms with Gasteiger partial charge in [-0.2, -0.15) is 0 Å². The number of aliphatic carboxylic acids is 1. The lowest BCUT2D eigenvalue weighted by Gasteiger charge is -2.19. The Morgan fingerprint density at radius 1 is 1.08 bits per heavy atom. The maximum Gasteiger partial charge on any atom is 0.341 e. The van der Waals surface area contributed by atoms with Crippen molar-refractivity contribution >= 4 is 11.9 Å². The topological polar surface area (TPSA) is 84.9 Å². The van der Waals surface area contributed by atoms with Gasteiger partial charge in [0, 0.05) is 0 Å². The third-order valence-corrected chi connectivity index (χ3v) is 3.77. The molecule has 0 aliphatic heterocycles. The highest BCUT2D eigenvalue weighted by Crippen LogP contribution is 2.19. The summed E-state index contributed by atoms with van der Waals surface area (Å²) in [4.78, 5) is 22.8. The van der Waals surface area contributed by atoms with E-state index >= 15 is 0 Å². The molecule has 0 aliphatic rings. The first-order valence-corrected chi connectivity index (χ1v) is 8.33. The van der Waals surface area contributed by atoms with Gasteiger partial charge in [0.1, 0.15) is 11.5 Å². The minimum absolute atomic E-state index is 0.217. The summed E-state index contributed by atoms with van der Waals surface area (Å²) < 4.78 is 10.8. The molecule has 1 amide bonds. The molecule has 2 aromatic carbocycles. The first-order valence-electron chi connectivity index (χ1n) is 8.33. The summed E-state index contributed by atoms with van der Waals surface area (Å²) in [5, 5.41) is 11.5. The van der Waals surface area contributed by atoms with Gasteiger partial charge in [0.25, 0.3) is 5.91 Å². The van der Waals surface area contributed by atoms with E-state index in [-0.39, 0.29) is 18.6 Å². The largest absolute Gasteiger partial charge is 0.482 e. The number of hydrogen-bond acceptors (Lipinski definition) is 4. The lowest BCUT2D eigenvalue weighted by molar-refractivity contribution is -0.139. The number of amides is 1. The Hall–Kier alpha value is -3.02. The van der Waals surface area contributed by atoms with Crippen LogP contribution in [-0.4, -0.2) is 29.7 Å². The van der Waals surface area contributed by atoms with E-state index < -0.39 is 12.1 Å². The Kier molecular flexibility index (Phi) is 6.60. The van der Waals surface area contributed by atoms with Crippen LogP contribution in [0.1, 0.15) is 31.0 Å².